The van der Waals surface area contributed by atoms with Crippen LogP contribution in [-0.2, 0) is 0 Å². The molecule has 2 heterocycles. The SMILES string of the molecule is C.C.C=CCNc1ccc2cc(C=O)c(O)cc2c1.C=CCNc1ccc2cc3cc(-c4nc5ccccc5s4)c(=O)oc3cc2c1. The second-order valence-electron chi connectivity index (χ2n) is 10.3. The number of hydrogen-bond donors (Lipinski definition) is 3. The minimum absolute atomic E-state index is 0. The molecule has 0 saturated carbocycles. The van der Waals surface area contributed by atoms with Crippen molar-refractivity contribution in [3.8, 4) is 16.3 Å². The number of thiazole rings is 1. The number of nitrogens with one attached hydrogen (secondary N) is 2. The van der Waals surface area contributed by atoms with Crippen LogP contribution in [0.2, 0.25) is 0 Å². The van der Waals surface area contributed by atoms with Crippen LogP contribution in [0, 0.1) is 0 Å². The van der Waals surface area contributed by atoms with E-state index in [-0.39, 0.29) is 26.2 Å². The number of aromatic nitrogens is 1. The van der Waals surface area contributed by atoms with E-state index < -0.39 is 0 Å². The van der Waals surface area contributed by atoms with Gasteiger partial charge in [-0.1, -0.05) is 51.3 Å². The summed E-state index contributed by atoms with van der Waals surface area (Å²) in [4.78, 5) is 27.9. The first-order chi connectivity index (χ1) is 21.9. The van der Waals surface area contributed by atoms with Crippen LogP contribution in [0.15, 0.2) is 126 Å². The van der Waals surface area contributed by atoms with Crippen molar-refractivity contribution >= 4 is 71.7 Å². The van der Waals surface area contributed by atoms with Gasteiger partial charge < -0.3 is 20.2 Å². The molecule has 3 N–H and O–H groups in total. The lowest BCUT2D eigenvalue weighted by molar-refractivity contribution is 0.112. The molecule has 0 fully saturated rings. The number of nitrogens with zero attached hydrogens (tertiary/aromatic N) is 1. The van der Waals surface area contributed by atoms with Gasteiger partial charge in [-0.05, 0) is 88.3 Å². The topological polar surface area (TPSA) is 104 Å². The van der Waals surface area contributed by atoms with E-state index in [1.165, 1.54) is 11.3 Å². The summed E-state index contributed by atoms with van der Waals surface area (Å²) in [6.45, 7) is 8.73. The highest BCUT2D eigenvalue weighted by Crippen LogP contribution is 2.32. The Bertz CT molecular complexity index is 2250. The van der Waals surface area contributed by atoms with Crippen molar-refractivity contribution in [1.29, 1.82) is 0 Å². The third kappa shape index (κ3) is 7.40. The summed E-state index contributed by atoms with van der Waals surface area (Å²) in [5, 5.41) is 21.5. The van der Waals surface area contributed by atoms with Crippen LogP contribution in [0.25, 0.3) is 53.3 Å². The van der Waals surface area contributed by atoms with Crippen LogP contribution in [0.4, 0.5) is 11.4 Å². The molecule has 5 aromatic carbocycles. The fraction of sp³-hybridized carbons (Fsp3) is 0.103. The molecule has 7 rings (SSSR count). The summed E-state index contributed by atoms with van der Waals surface area (Å²) in [5.74, 6) is 0.00775. The van der Waals surface area contributed by atoms with Gasteiger partial charge in [-0.3, -0.25) is 4.79 Å². The molecular weight excluding hydrogens is 607 g/mol. The average Bonchev–Trinajstić information content (AvgIpc) is 3.49. The monoisotopic (exact) mass is 643 g/mol. The Balaban J connectivity index is 0.000000228. The molecule has 0 saturated heterocycles. The summed E-state index contributed by atoms with van der Waals surface area (Å²) >= 11 is 1.50. The van der Waals surface area contributed by atoms with Crippen molar-refractivity contribution < 1.29 is 14.3 Å². The van der Waals surface area contributed by atoms with Gasteiger partial charge in [0.15, 0.2) is 6.29 Å². The van der Waals surface area contributed by atoms with E-state index in [1.807, 2.05) is 78.9 Å². The van der Waals surface area contributed by atoms with E-state index in [0.29, 0.717) is 41.1 Å². The first-order valence-corrected chi connectivity index (χ1v) is 15.1. The molecule has 47 heavy (non-hydrogen) atoms. The van der Waals surface area contributed by atoms with Crippen LogP contribution in [-0.4, -0.2) is 29.5 Å². The van der Waals surface area contributed by atoms with Crippen molar-refractivity contribution in [2.45, 2.75) is 14.9 Å². The van der Waals surface area contributed by atoms with Gasteiger partial charge in [-0.25, -0.2) is 9.78 Å². The van der Waals surface area contributed by atoms with Crippen LogP contribution < -0.4 is 16.3 Å². The molecule has 0 amide bonds. The average molecular weight is 644 g/mol. The second-order valence-corrected chi connectivity index (χ2v) is 11.3. The number of phenols is 1. The van der Waals surface area contributed by atoms with Gasteiger partial charge in [0.05, 0.1) is 21.3 Å². The third-order valence-corrected chi connectivity index (χ3v) is 8.30. The lowest BCUT2D eigenvalue weighted by Gasteiger charge is -2.07. The normalized spacial score (nSPS) is 10.4. The van der Waals surface area contributed by atoms with Gasteiger partial charge in [0.1, 0.15) is 16.3 Å². The number of para-hydroxylation sites is 1. The predicted octanol–water partition coefficient (Wildman–Crippen LogP) is 10.0. The van der Waals surface area contributed by atoms with Crippen LogP contribution in [0.3, 0.4) is 0 Å². The summed E-state index contributed by atoms with van der Waals surface area (Å²) in [6, 6.07) is 28.9. The number of rotatable bonds is 8. The van der Waals surface area contributed by atoms with Crippen LogP contribution in [0.1, 0.15) is 25.2 Å². The molecule has 238 valence electrons. The van der Waals surface area contributed by atoms with Gasteiger partial charge in [0.25, 0.3) is 0 Å². The zero-order chi connectivity index (χ0) is 31.3. The van der Waals surface area contributed by atoms with Gasteiger partial charge in [0.2, 0.25) is 0 Å². The number of anilines is 2. The van der Waals surface area contributed by atoms with Gasteiger partial charge >= 0.3 is 5.63 Å². The van der Waals surface area contributed by atoms with Crippen molar-refractivity contribution in [3.05, 3.63) is 132 Å². The van der Waals surface area contributed by atoms with E-state index in [1.54, 1.807) is 18.2 Å². The molecule has 0 atom stereocenters. The first kappa shape index (κ1) is 34.1. The quantitative estimate of drug-likeness (QED) is 0.0655. The minimum atomic E-state index is -0.369. The molecule has 0 spiro atoms. The van der Waals surface area contributed by atoms with Gasteiger partial charge in [0, 0.05) is 29.9 Å². The summed E-state index contributed by atoms with van der Waals surface area (Å²) in [6.07, 6.45) is 4.24. The Hall–Kier alpha value is -5.73. The zero-order valence-electron chi connectivity index (χ0n) is 24.2. The maximum Gasteiger partial charge on any atom is 0.346 e. The number of carbonyl (C=O) groups excluding carboxylic acids is 1. The van der Waals surface area contributed by atoms with Crippen molar-refractivity contribution in [2.75, 3.05) is 23.7 Å². The lowest BCUT2D eigenvalue weighted by atomic mass is 10.1. The fourth-order valence-corrected chi connectivity index (χ4v) is 5.97. The standard InChI is InChI=1S/C23H16N2O2S.C14H13NO2.2CH4/c1-2-9-24-17-8-7-14-10-16-12-18(23(26)27-20(16)13-15(14)11-17)22-25-19-5-3-4-6-21(19)28-22;1-2-5-15-13-4-3-10-6-12(9-16)14(17)8-11(10)7-13;;/h2-8,10-13,24H,1,9H2;2-4,6-9,15,17H,1,5H2;2*1H4. The lowest BCUT2D eigenvalue weighted by Crippen LogP contribution is -2.02. The number of fused-ring (bicyclic) bond motifs is 4. The van der Waals surface area contributed by atoms with E-state index in [0.717, 1.165) is 48.5 Å². The predicted molar refractivity (Wildman–Crippen MR) is 200 cm³/mol. The maximum absolute atomic E-state index is 12.6. The molecule has 7 nitrogen and oxygen atoms in total. The Morgan fingerprint density at radius 1 is 0.766 bits per heavy atom. The molecular formula is C39H37N3O4S. The summed E-state index contributed by atoms with van der Waals surface area (Å²) in [7, 11) is 0. The van der Waals surface area contributed by atoms with Crippen molar-refractivity contribution in [1.82, 2.24) is 4.98 Å². The number of carbonyl (C=O) groups is 1. The Kier molecular flexibility index (Phi) is 10.9. The van der Waals surface area contributed by atoms with E-state index in [2.05, 4.69) is 34.8 Å². The minimum Gasteiger partial charge on any atom is -0.507 e. The van der Waals surface area contributed by atoms with E-state index in [9.17, 15) is 14.7 Å². The fourth-order valence-electron chi connectivity index (χ4n) is 5.00. The highest BCUT2D eigenvalue weighted by Gasteiger charge is 2.13. The van der Waals surface area contributed by atoms with Crippen molar-refractivity contribution in [2.24, 2.45) is 0 Å². The highest BCUT2D eigenvalue weighted by molar-refractivity contribution is 7.21. The molecule has 0 aliphatic carbocycles. The number of aromatic hydroxyl groups is 1. The number of hydrogen-bond acceptors (Lipinski definition) is 8. The number of phenolic OH excluding ortho intramolecular Hbond substituents is 1. The highest BCUT2D eigenvalue weighted by atomic mass is 32.1. The Morgan fingerprint density at radius 2 is 1.40 bits per heavy atom. The molecule has 0 unspecified atom stereocenters. The van der Waals surface area contributed by atoms with Crippen LogP contribution in [0.5, 0.6) is 5.75 Å². The summed E-state index contributed by atoms with van der Waals surface area (Å²) < 4.78 is 6.70. The Labute approximate surface area is 277 Å². The van der Waals surface area contributed by atoms with E-state index in [4.69, 9.17) is 4.42 Å². The zero-order valence-corrected chi connectivity index (χ0v) is 25.1. The van der Waals surface area contributed by atoms with Gasteiger partial charge in [-0.15, -0.1) is 24.5 Å². The third-order valence-electron chi connectivity index (χ3n) is 7.23. The second kappa shape index (κ2) is 15.0. The molecule has 7 aromatic rings. The smallest absolute Gasteiger partial charge is 0.346 e. The molecule has 0 bridgehead atoms. The molecule has 0 aliphatic heterocycles. The molecule has 0 radical (unpaired) electrons. The Morgan fingerprint density at radius 3 is 2.04 bits per heavy atom. The molecule has 8 heteroatoms. The molecule has 2 aromatic heterocycles. The molecule has 0 aliphatic rings. The van der Waals surface area contributed by atoms with Crippen LogP contribution >= 0.6 is 11.3 Å². The first-order valence-electron chi connectivity index (χ1n) is 14.2. The summed E-state index contributed by atoms with van der Waals surface area (Å²) in [5.41, 5.74) is 3.85. The van der Waals surface area contributed by atoms with Crippen molar-refractivity contribution in [3.63, 3.8) is 0 Å². The van der Waals surface area contributed by atoms with E-state index >= 15 is 0 Å². The van der Waals surface area contributed by atoms with Gasteiger partial charge in [-0.2, -0.15) is 0 Å². The number of benzene rings is 5. The maximum atomic E-state index is 12.6. The largest absolute Gasteiger partial charge is 0.507 e. The number of aldehydes is 1.